The minimum Gasteiger partial charge on any atom is -0.433 e. The van der Waals surface area contributed by atoms with Gasteiger partial charge in [0.05, 0.1) is 16.9 Å². The van der Waals surface area contributed by atoms with Crippen LogP contribution in [-0.4, -0.2) is 30.8 Å². The number of ether oxygens (including phenoxy) is 1. The van der Waals surface area contributed by atoms with Crippen LogP contribution in [0, 0.1) is 11.6 Å². The normalized spacial score (nSPS) is 12.3. The summed E-state index contributed by atoms with van der Waals surface area (Å²) in [4.78, 5) is 25.1. The van der Waals surface area contributed by atoms with E-state index in [1.165, 1.54) is 0 Å². The maximum absolute atomic E-state index is 15.1. The molecule has 0 aromatic heterocycles. The van der Waals surface area contributed by atoms with Gasteiger partial charge in [0.1, 0.15) is 5.82 Å². The highest BCUT2D eigenvalue weighted by Gasteiger charge is 2.73. The van der Waals surface area contributed by atoms with E-state index in [1.54, 1.807) is 5.32 Å². The molecule has 3 aromatic rings. The summed E-state index contributed by atoms with van der Waals surface area (Å²) in [6.45, 7) is -3.87. The summed E-state index contributed by atoms with van der Waals surface area (Å²) in [5, 5.41) is 3.89. The molecule has 2 N–H and O–H groups in total. The number of anilines is 2. The van der Waals surface area contributed by atoms with Crippen molar-refractivity contribution in [2.24, 2.45) is 0 Å². The maximum atomic E-state index is 15.1. The molecule has 41 heavy (non-hydrogen) atoms. The first-order chi connectivity index (χ1) is 18.9. The lowest BCUT2D eigenvalue weighted by Crippen LogP contribution is -2.50. The molecule has 0 aliphatic heterocycles. The van der Waals surface area contributed by atoms with Crippen LogP contribution in [0.3, 0.4) is 0 Å². The second kappa shape index (κ2) is 11.5. The summed E-state index contributed by atoms with van der Waals surface area (Å²) < 4.78 is 151. The first-order valence-electron chi connectivity index (χ1n) is 10.6. The fourth-order valence-corrected chi connectivity index (χ4v) is 3.90. The molecule has 220 valence electrons. The Labute approximate surface area is 230 Å². The van der Waals surface area contributed by atoms with Gasteiger partial charge in [-0.25, -0.2) is 13.2 Å². The number of alkyl halides is 9. The molecule has 0 spiro atoms. The molecule has 0 fully saturated rings. The number of rotatable bonds is 7. The van der Waals surface area contributed by atoms with E-state index >= 15 is 4.39 Å². The van der Waals surface area contributed by atoms with Gasteiger partial charge in [-0.1, -0.05) is 6.07 Å². The molecule has 0 heterocycles. The van der Waals surface area contributed by atoms with Crippen molar-refractivity contribution in [1.82, 2.24) is 0 Å². The average molecular weight is 665 g/mol. The van der Waals surface area contributed by atoms with Gasteiger partial charge in [0.15, 0.2) is 11.6 Å². The lowest BCUT2D eigenvalue weighted by molar-refractivity contribution is -0.348. The summed E-state index contributed by atoms with van der Waals surface area (Å²) in [5.41, 5.74) is -10.8. The second-order valence-corrected chi connectivity index (χ2v) is 8.80. The lowest BCUT2D eigenvalue weighted by atomic mass is 9.93. The third-order valence-electron chi connectivity index (χ3n) is 5.29. The first kappa shape index (κ1) is 31.6. The molecule has 0 aliphatic carbocycles. The molecule has 3 aromatic carbocycles. The van der Waals surface area contributed by atoms with Crippen molar-refractivity contribution in [3.05, 3.63) is 87.4 Å². The lowest BCUT2D eigenvalue weighted by Gasteiger charge is -2.31. The largest absolute Gasteiger partial charge is 0.435 e. The molecular formula is C24H12BrF11N2O3. The van der Waals surface area contributed by atoms with E-state index in [1.807, 2.05) is 0 Å². The van der Waals surface area contributed by atoms with E-state index in [4.69, 9.17) is 0 Å². The highest BCUT2D eigenvalue weighted by molar-refractivity contribution is 9.10. The summed E-state index contributed by atoms with van der Waals surface area (Å²) in [6, 6.07) is 6.46. The van der Waals surface area contributed by atoms with E-state index < -0.39 is 80.8 Å². The maximum Gasteiger partial charge on any atom is 0.435 e. The molecule has 3 rings (SSSR count). The van der Waals surface area contributed by atoms with Gasteiger partial charge in [-0.05, 0) is 64.5 Å². The number of amides is 2. The summed E-state index contributed by atoms with van der Waals surface area (Å²) >= 11 is 2.49. The first-order valence-corrected chi connectivity index (χ1v) is 11.4. The van der Waals surface area contributed by atoms with Crippen molar-refractivity contribution in [1.29, 1.82) is 0 Å². The van der Waals surface area contributed by atoms with Gasteiger partial charge in [0.25, 0.3) is 11.8 Å². The molecule has 0 aliphatic rings. The Balaban J connectivity index is 2.01. The van der Waals surface area contributed by atoms with Crippen LogP contribution in [-0.2, 0) is 5.67 Å². The molecule has 2 amide bonds. The highest BCUT2D eigenvalue weighted by Crippen LogP contribution is 2.55. The molecule has 17 heteroatoms. The van der Waals surface area contributed by atoms with Crippen molar-refractivity contribution >= 4 is 39.1 Å². The van der Waals surface area contributed by atoms with Crippen molar-refractivity contribution in [2.45, 2.75) is 24.6 Å². The molecule has 0 bridgehead atoms. The van der Waals surface area contributed by atoms with Gasteiger partial charge >= 0.3 is 24.6 Å². The van der Waals surface area contributed by atoms with E-state index in [9.17, 15) is 53.5 Å². The number of halogens is 12. The smallest absolute Gasteiger partial charge is 0.433 e. The number of carbonyl (C=O) groups excluding carboxylic acids is 2. The standard InChI is InChI=1S/C24H12BrF11N2O3/c25-14-8-11(22(30,23(31,32)33)24(34,35)36)9-16(41-21(28)29)18(14)38-20(40)13-2-1-3-15(17(13)27)37-19(39)10-4-6-12(26)7-5-10/h1-9,21H,(H,37,39)(H,38,40). The number of hydrogen-bond acceptors (Lipinski definition) is 3. The van der Waals surface area contributed by atoms with Gasteiger partial charge in [0, 0.05) is 15.6 Å². The number of carbonyl (C=O) groups is 2. The van der Waals surface area contributed by atoms with Gasteiger partial charge < -0.3 is 15.4 Å². The van der Waals surface area contributed by atoms with Crippen LogP contribution >= 0.6 is 15.9 Å². The summed E-state index contributed by atoms with van der Waals surface area (Å²) in [6.07, 6.45) is -13.2. The Morgan fingerprint density at radius 1 is 0.805 bits per heavy atom. The third kappa shape index (κ3) is 6.55. The topological polar surface area (TPSA) is 67.4 Å². The zero-order chi connectivity index (χ0) is 30.9. The van der Waals surface area contributed by atoms with E-state index in [0.29, 0.717) is 0 Å². The Bertz CT molecular complexity index is 1440. The highest BCUT2D eigenvalue weighted by atomic mass is 79.9. The molecule has 0 saturated carbocycles. The van der Waals surface area contributed by atoms with Crippen LogP contribution in [0.1, 0.15) is 26.3 Å². The van der Waals surface area contributed by atoms with Crippen molar-refractivity contribution in [3.8, 4) is 5.75 Å². The SMILES string of the molecule is O=C(Nc1cccc(C(=O)Nc2c(Br)cc(C(F)(C(F)(F)F)C(F)(F)F)cc2OC(F)F)c1F)c1ccc(F)cc1. The van der Waals surface area contributed by atoms with Gasteiger partial charge in [-0.15, -0.1) is 0 Å². The van der Waals surface area contributed by atoms with Gasteiger partial charge in [-0.3, -0.25) is 9.59 Å². The average Bonchev–Trinajstić information content (AvgIpc) is 2.85. The molecule has 0 atom stereocenters. The summed E-state index contributed by atoms with van der Waals surface area (Å²) in [5.74, 6) is -6.03. The monoisotopic (exact) mass is 664 g/mol. The van der Waals surface area contributed by atoms with Crippen LogP contribution in [0.15, 0.2) is 59.1 Å². The van der Waals surface area contributed by atoms with Crippen molar-refractivity contribution in [3.63, 3.8) is 0 Å². The van der Waals surface area contributed by atoms with E-state index in [-0.39, 0.29) is 17.7 Å². The van der Waals surface area contributed by atoms with E-state index in [0.717, 1.165) is 42.5 Å². The minimum atomic E-state index is -6.60. The molecule has 0 unspecified atom stereocenters. The van der Waals surface area contributed by atoms with Gasteiger partial charge in [-0.2, -0.15) is 35.1 Å². The predicted octanol–water partition coefficient (Wildman–Crippen LogP) is 8.12. The Morgan fingerprint density at radius 3 is 1.93 bits per heavy atom. The Morgan fingerprint density at radius 2 is 1.39 bits per heavy atom. The fraction of sp³-hybridized carbons (Fsp3) is 0.167. The predicted molar refractivity (Wildman–Crippen MR) is 124 cm³/mol. The molecule has 5 nitrogen and oxygen atoms in total. The zero-order valence-electron chi connectivity index (χ0n) is 19.5. The fourth-order valence-electron chi connectivity index (χ4n) is 3.36. The third-order valence-corrected chi connectivity index (χ3v) is 5.91. The van der Waals surface area contributed by atoms with Gasteiger partial charge in [0.2, 0.25) is 0 Å². The van der Waals surface area contributed by atoms with Crippen LogP contribution in [0.2, 0.25) is 0 Å². The minimum absolute atomic E-state index is 0.0788. The zero-order valence-corrected chi connectivity index (χ0v) is 21.1. The van der Waals surface area contributed by atoms with E-state index in [2.05, 4.69) is 26.0 Å². The quantitative estimate of drug-likeness (QED) is 0.251. The number of benzene rings is 3. The van der Waals surface area contributed by atoms with Crippen LogP contribution in [0.4, 0.5) is 59.7 Å². The Kier molecular flexibility index (Phi) is 8.90. The van der Waals surface area contributed by atoms with Crippen molar-refractivity contribution in [2.75, 3.05) is 10.6 Å². The van der Waals surface area contributed by atoms with Crippen LogP contribution in [0.5, 0.6) is 5.75 Å². The molecular weight excluding hydrogens is 653 g/mol. The second-order valence-electron chi connectivity index (χ2n) is 7.95. The Hall–Kier alpha value is -3.89. The van der Waals surface area contributed by atoms with Crippen LogP contribution in [0.25, 0.3) is 0 Å². The molecule has 0 saturated heterocycles. The number of nitrogens with one attached hydrogen (secondary N) is 2. The van der Waals surface area contributed by atoms with Crippen molar-refractivity contribution < 1.29 is 62.6 Å². The molecule has 0 radical (unpaired) electrons. The van der Waals surface area contributed by atoms with Crippen LogP contribution < -0.4 is 15.4 Å². The number of hydrogen-bond donors (Lipinski definition) is 2. The summed E-state index contributed by atoms with van der Waals surface area (Å²) in [7, 11) is 0.